The van der Waals surface area contributed by atoms with Gasteiger partial charge in [0.2, 0.25) is 5.91 Å². The van der Waals surface area contributed by atoms with Crippen LogP contribution in [0.3, 0.4) is 0 Å². The molecule has 5 nitrogen and oxygen atoms in total. The van der Waals surface area contributed by atoms with Crippen LogP contribution < -0.4 is 4.90 Å². The summed E-state index contributed by atoms with van der Waals surface area (Å²) in [5.41, 5.74) is 1.77. The maximum absolute atomic E-state index is 12.6. The number of para-hydroxylation sites is 1. The second-order valence-electron chi connectivity index (χ2n) is 6.56. The van der Waals surface area contributed by atoms with Crippen LogP contribution in [0, 0.1) is 5.92 Å². The van der Waals surface area contributed by atoms with Gasteiger partial charge in [-0.3, -0.25) is 9.69 Å². The molecule has 1 saturated carbocycles. The Morgan fingerprint density at radius 3 is 2.65 bits per heavy atom. The summed E-state index contributed by atoms with van der Waals surface area (Å²) in [5, 5.41) is 3.79. The molecule has 0 N–H and O–H groups in total. The van der Waals surface area contributed by atoms with Crippen LogP contribution in [0.2, 0.25) is 0 Å². The Hall–Kier alpha value is -1.59. The first kappa shape index (κ1) is 20.7. The molecule has 1 aromatic carbocycles. The van der Waals surface area contributed by atoms with Crippen molar-refractivity contribution in [2.75, 3.05) is 18.7 Å². The zero-order chi connectivity index (χ0) is 18.9. The van der Waals surface area contributed by atoms with Gasteiger partial charge in [0.15, 0.2) is 6.73 Å². The number of alkyl halides is 1. The third-order valence-corrected chi connectivity index (χ3v) is 5.40. The van der Waals surface area contributed by atoms with Crippen molar-refractivity contribution in [2.24, 2.45) is 11.1 Å². The number of amides is 1. The van der Waals surface area contributed by atoms with E-state index in [0.29, 0.717) is 12.3 Å². The minimum absolute atomic E-state index is 0.0453. The second kappa shape index (κ2) is 10.5. The lowest BCUT2D eigenvalue weighted by Gasteiger charge is -2.28. The van der Waals surface area contributed by atoms with Crippen molar-refractivity contribution < 1.29 is 14.4 Å². The molecule has 0 aliphatic heterocycles. The summed E-state index contributed by atoms with van der Waals surface area (Å²) in [6.07, 6.45) is 4.66. The number of rotatable bonds is 8. The van der Waals surface area contributed by atoms with Crippen LogP contribution in [0.25, 0.3) is 0 Å². The number of benzene rings is 1. The van der Waals surface area contributed by atoms with Crippen molar-refractivity contribution in [2.45, 2.75) is 57.4 Å². The van der Waals surface area contributed by atoms with Gasteiger partial charge in [0.1, 0.15) is 5.38 Å². The van der Waals surface area contributed by atoms with E-state index < -0.39 is 5.38 Å². The Labute approximate surface area is 161 Å². The average Bonchev–Trinajstić information content (AvgIpc) is 2.70. The number of hydrogen-bond donors (Lipinski definition) is 0. The van der Waals surface area contributed by atoms with E-state index in [1.807, 2.05) is 37.3 Å². The van der Waals surface area contributed by atoms with Crippen LogP contribution in [0.4, 0.5) is 5.69 Å². The van der Waals surface area contributed by atoms with Gasteiger partial charge in [-0.05, 0) is 37.8 Å². The monoisotopic (exact) mass is 380 g/mol. The summed E-state index contributed by atoms with van der Waals surface area (Å²) in [7, 11) is 1.73. The van der Waals surface area contributed by atoms with Gasteiger partial charge in [0, 0.05) is 25.1 Å². The molecule has 0 heterocycles. The van der Waals surface area contributed by atoms with Crippen LogP contribution in [0.15, 0.2) is 35.5 Å². The lowest BCUT2D eigenvalue weighted by molar-refractivity contribution is -0.119. The highest BCUT2D eigenvalue weighted by Gasteiger charge is 2.27. The Kier molecular flexibility index (Phi) is 8.39. The summed E-state index contributed by atoms with van der Waals surface area (Å²) in [6.45, 7) is 4.09. The predicted octanol–water partition coefficient (Wildman–Crippen LogP) is 4.59. The minimum Gasteiger partial charge on any atom is -0.381 e. The molecule has 1 amide bonds. The van der Waals surface area contributed by atoms with Gasteiger partial charge in [0.25, 0.3) is 0 Å². The number of halogens is 1. The van der Waals surface area contributed by atoms with Crippen molar-refractivity contribution in [3.8, 4) is 0 Å². The standard InChI is InChI=1S/C20H29ClN2O3/c1-4-15-11-12-17(25-3)13-19(15)22-26-14-23(20(24)18(21)5-2)16-9-7-6-8-10-16/h6-10,15,17-18H,4-5,11-14H2,1-3H3. The summed E-state index contributed by atoms with van der Waals surface area (Å²) < 4.78 is 5.48. The van der Waals surface area contributed by atoms with Crippen molar-refractivity contribution in [3.63, 3.8) is 0 Å². The SMILES string of the molecule is CCC(Cl)C(=O)N(CON=C1CC(OC)CCC1CC)c1ccccc1. The van der Waals surface area contributed by atoms with Gasteiger partial charge >= 0.3 is 0 Å². The highest BCUT2D eigenvalue weighted by Crippen LogP contribution is 2.26. The molecule has 0 aromatic heterocycles. The quantitative estimate of drug-likeness (QED) is 0.376. The first-order valence-corrected chi connectivity index (χ1v) is 9.76. The van der Waals surface area contributed by atoms with E-state index in [0.717, 1.165) is 37.1 Å². The van der Waals surface area contributed by atoms with E-state index in [1.54, 1.807) is 12.0 Å². The third kappa shape index (κ3) is 5.45. The molecule has 2 rings (SSSR count). The van der Waals surface area contributed by atoms with E-state index >= 15 is 0 Å². The van der Waals surface area contributed by atoms with Crippen molar-refractivity contribution in [1.82, 2.24) is 0 Å². The number of ether oxygens (including phenoxy) is 1. The molecule has 0 radical (unpaired) electrons. The summed E-state index contributed by atoms with van der Waals surface area (Å²) >= 11 is 6.17. The van der Waals surface area contributed by atoms with E-state index in [-0.39, 0.29) is 18.7 Å². The van der Waals surface area contributed by atoms with Crippen molar-refractivity contribution >= 4 is 28.9 Å². The maximum Gasteiger partial charge on any atom is 0.247 e. The highest BCUT2D eigenvalue weighted by atomic mass is 35.5. The Morgan fingerprint density at radius 2 is 2.04 bits per heavy atom. The van der Waals surface area contributed by atoms with E-state index in [4.69, 9.17) is 21.2 Å². The topological polar surface area (TPSA) is 51.1 Å². The Balaban J connectivity index is 2.09. The summed E-state index contributed by atoms with van der Waals surface area (Å²) in [5.74, 6) is 0.240. The largest absolute Gasteiger partial charge is 0.381 e. The smallest absolute Gasteiger partial charge is 0.247 e. The summed E-state index contributed by atoms with van der Waals surface area (Å²) in [6, 6.07) is 9.40. The first-order chi connectivity index (χ1) is 12.6. The number of methoxy groups -OCH3 is 1. The fraction of sp³-hybridized carbons (Fsp3) is 0.600. The highest BCUT2D eigenvalue weighted by molar-refractivity contribution is 6.32. The second-order valence-corrected chi connectivity index (χ2v) is 7.09. The molecule has 1 aromatic rings. The molecule has 6 heteroatoms. The van der Waals surface area contributed by atoms with Crippen LogP contribution in [-0.4, -0.2) is 36.9 Å². The number of carbonyl (C=O) groups is 1. The Bertz CT molecular complexity index is 594. The van der Waals surface area contributed by atoms with Crippen molar-refractivity contribution in [3.05, 3.63) is 30.3 Å². The lowest BCUT2D eigenvalue weighted by Crippen LogP contribution is -2.38. The first-order valence-electron chi connectivity index (χ1n) is 9.32. The van der Waals surface area contributed by atoms with Gasteiger partial charge in [-0.25, -0.2) is 0 Å². The van der Waals surface area contributed by atoms with Crippen LogP contribution in [-0.2, 0) is 14.4 Å². The molecular weight excluding hydrogens is 352 g/mol. The number of nitrogens with zero attached hydrogens (tertiary/aromatic N) is 2. The van der Waals surface area contributed by atoms with E-state index in [1.165, 1.54) is 0 Å². The van der Waals surface area contributed by atoms with Gasteiger partial charge in [-0.1, -0.05) is 37.2 Å². The van der Waals surface area contributed by atoms with Crippen molar-refractivity contribution in [1.29, 1.82) is 0 Å². The predicted molar refractivity (Wildman–Crippen MR) is 106 cm³/mol. The van der Waals surface area contributed by atoms with E-state index in [9.17, 15) is 4.79 Å². The molecule has 1 fully saturated rings. The van der Waals surface area contributed by atoms with Gasteiger partial charge in [0.05, 0.1) is 11.8 Å². The zero-order valence-electron chi connectivity index (χ0n) is 15.9. The third-order valence-electron chi connectivity index (χ3n) is 4.90. The van der Waals surface area contributed by atoms with E-state index in [2.05, 4.69) is 12.1 Å². The Morgan fingerprint density at radius 1 is 1.31 bits per heavy atom. The fourth-order valence-corrected chi connectivity index (χ4v) is 3.31. The molecule has 3 atom stereocenters. The number of carbonyl (C=O) groups excluding carboxylic acids is 1. The molecule has 144 valence electrons. The molecule has 1 aliphatic carbocycles. The number of oxime groups is 1. The molecule has 26 heavy (non-hydrogen) atoms. The van der Waals surface area contributed by atoms with Crippen LogP contribution >= 0.6 is 11.6 Å². The molecule has 0 bridgehead atoms. The molecule has 0 spiro atoms. The number of anilines is 1. The average molecular weight is 381 g/mol. The normalized spacial score (nSPS) is 22.8. The molecule has 1 aliphatic rings. The van der Waals surface area contributed by atoms with Gasteiger partial charge < -0.3 is 9.57 Å². The van der Waals surface area contributed by atoms with Gasteiger partial charge in [-0.15, -0.1) is 11.6 Å². The minimum atomic E-state index is -0.581. The fourth-order valence-electron chi connectivity index (χ4n) is 3.19. The molecule has 0 saturated heterocycles. The maximum atomic E-state index is 12.6. The molecule has 3 unspecified atom stereocenters. The van der Waals surface area contributed by atoms with Crippen LogP contribution in [0.5, 0.6) is 0 Å². The lowest BCUT2D eigenvalue weighted by atomic mass is 9.84. The van der Waals surface area contributed by atoms with Crippen LogP contribution in [0.1, 0.15) is 46.0 Å². The summed E-state index contributed by atoms with van der Waals surface area (Å²) in [4.78, 5) is 19.8. The van der Waals surface area contributed by atoms with Gasteiger partial charge in [-0.2, -0.15) is 0 Å². The molecular formula is C20H29ClN2O3. The number of hydrogen-bond acceptors (Lipinski definition) is 4. The zero-order valence-corrected chi connectivity index (χ0v) is 16.6.